The lowest BCUT2D eigenvalue weighted by Crippen LogP contribution is -2.33. The first-order valence-electron chi connectivity index (χ1n) is 10.6. The lowest BCUT2D eigenvalue weighted by molar-refractivity contribution is -0.120. The standard InChI is InChI=1S/C25H24ClN5OS/c1-17(19-6-4-3-5-7-19)16-28-24(32)18(2)33-25-30-29-23(20-12-14-27-15-13-20)31(25)22-10-8-21(26)9-11-22/h3-15,17-18H,16H2,1-2H3,(H,28,32). The molecule has 0 aliphatic carbocycles. The van der Waals surface area contributed by atoms with Gasteiger partial charge in [0.15, 0.2) is 11.0 Å². The molecule has 0 radical (unpaired) electrons. The first-order chi connectivity index (χ1) is 16.0. The number of carbonyl (C=O) groups excluding carboxylic acids is 1. The molecule has 168 valence electrons. The maximum absolute atomic E-state index is 12.8. The van der Waals surface area contributed by atoms with E-state index in [1.54, 1.807) is 12.4 Å². The molecule has 1 N–H and O–H groups in total. The highest BCUT2D eigenvalue weighted by Crippen LogP contribution is 2.30. The van der Waals surface area contributed by atoms with E-state index in [9.17, 15) is 4.79 Å². The number of thioether (sulfide) groups is 1. The van der Waals surface area contributed by atoms with Crippen molar-refractivity contribution in [3.05, 3.63) is 89.7 Å². The number of hydrogen-bond acceptors (Lipinski definition) is 5. The first kappa shape index (κ1) is 23.0. The number of aromatic nitrogens is 4. The normalized spacial score (nSPS) is 12.8. The van der Waals surface area contributed by atoms with Crippen molar-refractivity contribution in [1.29, 1.82) is 0 Å². The van der Waals surface area contributed by atoms with Crippen LogP contribution in [0.25, 0.3) is 17.1 Å². The third kappa shape index (κ3) is 5.61. The smallest absolute Gasteiger partial charge is 0.233 e. The average Bonchev–Trinajstić information content (AvgIpc) is 3.27. The zero-order valence-electron chi connectivity index (χ0n) is 18.4. The summed E-state index contributed by atoms with van der Waals surface area (Å²) in [6, 6.07) is 21.4. The van der Waals surface area contributed by atoms with Crippen molar-refractivity contribution in [2.45, 2.75) is 30.2 Å². The maximum atomic E-state index is 12.8. The molecule has 1 amide bonds. The van der Waals surface area contributed by atoms with Gasteiger partial charge in [-0.3, -0.25) is 14.3 Å². The van der Waals surface area contributed by atoms with Crippen LogP contribution in [-0.4, -0.2) is 37.5 Å². The average molecular weight is 478 g/mol. The lowest BCUT2D eigenvalue weighted by atomic mass is 10.0. The summed E-state index contributed by atoms with van der Waals surface area (Å²) in [5.74, 6) is 0.856. The largest absolute Gasteiger partial charge is 0.355 e. The van der Waals surface area contributed by atoms with Crippen LogP contribution in [0.1, 0.15) is 25.3 Å². The van der Waals surface area contributed by atoms with Gasteiger partial charge in [0.05, 0.1) is 5.25 Å². The van der Waals surface area contributed by atoms with Crippen LogP contribution in [0.3, 0.4) is 0 Å². The van der Waals surface area contributed by atoms with Crippen molar-refractivity contribution in [1.82, 2.24) is 25.1 Å². The van der Waals surface area contributed by atoms with E-state index in [0.717, 1.165) is 11.3 Å². The van der Waals surface area contributed by atoms with Crippen LogP contribution < -0.4 is 5.32 Å². The van der Waals surface area contributed by atoms with Gasteiger partial charge in [-0.1, -0.05) is 60.6 Å². The molecule has 6 nitrogen and oxygen atoms in total. The second-order valence-corrected chi connectivity index (χ2v) is 9.42. The van der Waals surface area contributed by atoms with Crippen LogP contribution in [0.2, 0.25) is 5.02 Å². The van der Waals surface area contributed by atoms with Crippen molar-refractivity contribution in [3.8, 4) is 17.1 Å². The topological polar surface area (TPSA) is 72.7 Å². The molecular formula is C25H24ClN5OS. The minimum atomic E-state index is -0.353. The molecule has 0 spiro atoms. The van der Waals surface area contributed by atoms with Crippen LogP contribution in [0.5, 0.6) is 0 Å². The summed E-state index contributed by atoms with van der Waals surface area (Å²) in [5, 5.41) is 12.8. The van der Waals surface area contributed by atoms with E-state index in [1.165, 1.54) is 17.3 Å². The Hall–Kier alpha value is -3.16. The Bertz CT molecular complexity index is 1200. The molecule has 0 bridgehead atoms. The molecule has 8 heteroatoms. The van der Waals surface area contributed by atoms with Gasteiger partial charge in [-0.2, -0.15) is 0 Å². The van der Waals surface area contributed by atoms with Crippen molar-refractivity contribution >= 4 is 29.3 Å². The van der Waals surface area contributed by atoms with Gasteiger partial charge in [-0.05, 0) is 54.8 Å². The van der Waals surface area contributed by atoms with Gasteiger partial charge < -0.3 is 5.32 Å². The molecule has 33 heavy (non-hydrogen) atoms. The molecule has 2 atom stereocenters. The third-order valence-corrected chi connectivity index (χ3v) is 6.55. The fourth-order valence-corrected chi connectivity index (χ4v) is 4.38. The Labute approximate surface area is 202 Å². The van der Waals surface area contributed by atoms with Gasteiger partial charge in [-0.25, -0.2) is 0 Å². The number of rotatable bonds is 8. The number of amides is 1. The van der Waals surface area contributed by atoms with Crippen LogP contribution in [0.4, 0.5) is 0 Å². The Morgan fingerprint density at radius 3 is 2.39 bits per heavy atom. The number of pyridine rings is 1. The van der Waals surface area contributed by atoms with E-state index in [-0.39, 0.29) is 17.1 Å². The fourth-order valence-electron chi connectivity index (χ4n) is 3.37. The predicted octanol–water partition coefficient (Wildman–Crippen LogP) is 5.38. The summed E-state index contributed by atoms with van der Waals surface area (Å²) >= 11 is 7.46. The number of carbonyl (C=O) groups is 1. The van der Waals surface area contributed by atoms with Crippen molar-refractivity contribution in [3.63, 3.8) is 0 Å². The van der Waals surface area contributed by atoms with Gasteiger partial charge in [0.25, 0.3) is 0 Å². The summed E-state index contributed by atoms with van der Waals surface area (Å²) in [4.78, 5) is 16.9. The highest BCUT2D eigenvalue weighted by atomic mass is 35.5. The summed E-state index contributed by atoms with van der Waals surface area (Å²) < 4.78 is 1.94. The molecule has 4 aromatic rings. The molecule has 0 aliphatic rings. The van der Waals surface area contributed by atoms with E-state index in [4.69, 9.17) is 11.6 Å². The fraction of sp³-hybridized carbons (Fsp3) is 0.200. The van der Waals surface area contributed by atoms with E-state index in [0.29, 0.717) is 22.5 Å². The van der Waals surface area contributed by atoms with Crippen LogP contribution >= 0.6 is 23.4 Å². The van der Waals surface area contributed by atoms with Crippen LogP contribution in [-0.2, 0) is 4.79 Å². The van der Waals surface area contributed by atoms with E-state index < -0.39 is 0 Å². The van der Waals surface area contributed by atoms with Crippen LogP contribution in [0.15, 0.2) is 84.3 Å². The molecule has 0 aliphatic heterocycles. The van der Waals surface area contributed by atoms with Gasteiger partial charge in [0.2, 0.25) is 5.91 Å². The first-order valence-corrected chi connectivity index (χ1v) is 11.9. The second kappa shape index (κ2) is 10.6. The highest BCUT2D eigenvalue weighted by Gasteiger charge is 2.22. The zero-order valence-corrected chi connectivity index (χ0v) is 19.9. The Balaban J connectivity index is 1.53. The number of benzene rings is 2. The van der Waals surface area contributed by atoms with Crippen molar-refractivity contribution in [2.75, 3.05) is 6.54 Å². The minimum Gasteiger partial charge on any atom is -0.355 e. The van der Waals surface area contributed by atoms with E-state index >= 15 is 0 Å². The number of hydrogen-bond donors (Lipinski definition) is 1. The Kier molecular flexibility index (Phi) is 7.42. The molecule has 2 aromatic heterocycles. The summed E-state index contributed by atoms with van der Waals surface area (Å²) in [7, 11) is 0. The molecule has 0 saturated heterocycles. The minimum absolute atomic E-state index is 0.0427. The van der Waals surface area contributed by atoms with Crippen molar-refractivity contribution < 1.29 is 4.79 Å². The number of nitrogens with one attached hydrogen (secondary N) is 1. The summed E-state index contributed by atoms with van der Waals surface area (Å²) in [6.45, 7) is 4.55. The molecule has 2 heterocycles. The SMILES string of the molecule is CC(Sc1nnc(-c2ccncc2)n1-c1ccc(Cl)cc1)C(=O)NCC(C)c1ccccc1. The Morgan fingerprint density at radius 2 is 1.70 bits per heavy atom. The van der Waals surface area contributed by atoms with Gasteiger partial charge in [0.1, 0.15) is 0 Å². The number of halogens is 1. The quantitative estimate of drug-likeness (QED) is 0.345. The monoisotopic (exact) mass is 477 g/mol. The number of nitrogens with zero attached hydrogens (tertiary/aromatic N) is 4. The van der Waals surface area contributed by atoms with Crippen LogP contribution in [0, 0.1) is 0 Å². The summed E-state index contributed by atoms with van der Waals surface area (Å²) in [5.41, 5.74) is 2.94. The Morgan fingerprint density at radius 1 is 1.00 bits per heavy atom. The van der Waals surface area contributed by atoms with Gasteiger partial charge in [0, 0.05) is 35.2 Å². The van der Waals surface area contributed by atoms with Crippen molar-refractivity contribution in [2.24, 2.45) is 0 Å². The van der Waals surface area contributed by atoms with Gasteiger partial charge in [-0.15, -0.1) is 10.2 Å². The van der Waals surface area contributed by atoms with E-state index in [1.807, 2.05) is 66.1 Å². The molecule has 2 aromatic carbocycles. The maximum Gasteiger partial charge on any atom is 0.233 e. The molecular weight excluding hydrogens is 454 g/mol. The zero-order chi connectivity index (χ0) is 23.2. The molecule has 0 fully saturated rings. The lowest BCUT2D eigenvalue weighted by Gasteiger charge is -2.16. The predicted molar refractivity (Wildman–Crippen MR) is 133 cm³/mol. The second-order valence-electron chi connectivity index (χ2n) is 7.67. The highest BCUT2D eigenvalue weighted by molar-refractivity contribution is 8.00. The molecule has 4 rings (SSSR count). The molecule has 2 unspecified atom stereocenters. The van der Waals surface area contributed by atoms with E-state index in [2.05, 4.69) is 39.6 Å². The third-order valence-electron chi connectivity index (χ3n) is 5.26. The molecule has 0 saturated carbocycles. The van der Waals surface area contributed by atoms with Gasteiger partial charge >= 0.3 is 0 Å². The summed E-state index contributed by atoms with van der Waals surface area (Å²) in [6.07, 6.45) is 3.43.